The number of nitrogens with zero attached hydrogens (tertiary/aromatic N) is 4. The van der Waals surface area contributed by atoms with E-state index in [-0.39, 0.29) is 29.7 Å². The number of carbonyl (C=O) groups excluding carboxylic acids is 2. The van der Waals surface area contributed by atoms with E-state index in [1.807, 2.05) is 20.9 Å². The van der Waals surface area contributed by atoms with Gasteiger partial charge in [-0.05, 0) is 39.0 Å². The van der Waals surface area contributed by atoms with Crippen LogP contribution in [0.3, 0.4) is 0 Å². The normalized spacial score (nSPS) is 15.7. The second-order valence-electron chi connectivity index (χ2n) is 7.35. The quantitative estimate of drug-likeness (QED) is 0.533. The van der Waals surface area contributed by atoms with Crippen molar-refractivity contribution in [3.05, 3.63) is 52.9 Å². The minimum atomic E-state index is -3.66. The van der Waals surface area contributed by atoms with Crippen LogP contribution >= 0.6 is 0 Å². The third-order valence-electron chi connectivity index (χ3n) is 5.41. The first-order chi connectivity index (χ1) is 14.1. The third-order valence-corrected chi connectivity index (χ3v) is 7.32. The summed E-state index contributed by atoms with van der Waals surface area (Å²) in [4.78, 5) is 25.7. The molecule has 0 N–H and O–H groups in total. The maximum atomic E-state index is 12.8. The Kier molecular flexibility index (Phi) is 6.23. The highest BCUT2D eigenvalue weighted by Crippen LogP contribution is 2.19. The molecule has 0 atom stereocenters. The number of hydrogen-bond acceptors (Lipinski definition) is 5. The Morgan fingerprint density at radius 1 is 1.03 bits per heavy atom. The van der Waals surface area contributed by atoms with Gasteiger partial charge in [-0.2, -0.15) is 9.40 Å². The highest BCUT2D eigenvalue weighted by atomic mass is 32.2. The third kappa shape index (κ3) is 4.36. The number of sulfonamides is 1. The van der Waals surface area contributed by atoms with Gasteiger partial charge in [-0.3, -0.25) is 14.3 Å². The van der Waals surface area contributed by atoms with E-state index in [1.54, 1.807) is 15.7 Å². The number of Topliss-reactive ketones (excluding diaryl/α,β-unsaturated/α-hetero) is 1. The Hall–Kier alpha value is -2.78. The number of benzene rings is 1. The maximum absolute atomic E-state index is 12.8. The van der Waals surface area contributed by atoms with Crippen LogP contribution in [-0.2, 0) is 21.9 Å². The molecule has 2 aromatic rings. The summed E-state index contributed by atoms with van der Waals surface area (Å²) in [6, 6.07) is 5.93. The molecule has 1 amide bonds. The fraction of sp³-hybridized carbons (Fsp3) is 0.381. The molecular formula is C21H26N4O4S. The van der Waals surface area contributed by atoms with Crippen molar-refractivity contribution in [1.82, 2.24) is 19.0 Å². The second-order valence-corrected chi connectivity index (χ2v) is 9.29. The molecule has 0 spiro atoms. The molecule has 0 saturated carbocycles. The van der Waals surface area contributed by atoms with Crippen molar-refractivity contribution in [3.63, 3.8) is 0 Å². The topological polar surface area (TPSA) is 92.6 Å². The standard InChI is InChI=1S/C21H26N4O4S/c1-15-20(16(2)23(4)22-15)9-10-21(27)24-11-13-25(14-12-24)30(28,29)19-7-5-18(6-8-19)17(3)26/h5-10H,11-14H2,1-4H3. The summed E-state index contributed by atoms with van der Waals surface area (Å²) in [5, 5.41) is 4.33. The minimum absolute atomic E-state index is 0.115. The number of ketones is 1. The Morgan fingerprint density at radius 3 is 2.13 bits per heavy atom. The van der Waals surface area contributed by atoms with Crippen LogP contribution in [-0.4, -0.2) is 65.3 Å². The molecule has 0 unspecified atom stereocenters. The Bertz CT molecular complexity index is 1090. The SMILES string of the molecule is CC(=O)c1ccc(S(=O)(=O)N2CCN(C(=O)C=Cc3c(C)nn(C)c3C)CC2)cc1. The summed E-state index contributed by atoms with van der Waals surface area (Å²) >= 11 is 0. The van der Waals surface area contributed by atoms with Gasteiger partial charge in [0.2, 0.25) is 15.9 Å². The molecule has 0 radical (unpaired) electrons. The van der Waals surface area contributed by atoms with Crippen molar-refractivity contribution in [1.29, 1.82) is 0 Å². The van der Waals surface area contributed by atoms with Crippen LogP contribution in [0.4, 0.5) is 0 Å². The molecule has 1 fully saturated rings. The molecule has 9 heteroatoms. The molecule has 0 aliphatic carbocycles. The van der Waals surface area contributed by atoms with Gasteiger partial charge >= 0.3 is 0 Å². The van der Waals surface area contributed by atoms with Crippen LogP contribution in [0.25, 0.3) is 6.08 Å². The van der Waals surface area contributed by atoms with Gasteiger partial charge in [0.25, 0.3) is 0 Å². The van der Waals surface area contributed by atoms with E-state index in [9.17, 15) is 18.0 Å². The van der Waals surface area contributed by atoms with Crippen molar-refractivity contribution in [3.8, 4) is 0 Å². The predicted octanol–water partition coefficient (Wildman–Crippen LogP) is 1.79. The summed E-state index contributed by atoms with van der Waals surface area (Å²) in [5.74, 6) is -0.267. The molecule has 1 aliphatic heterocycles. The van der Waals surface area contributed by atoms with Gasteiger partial charge in [-0.15, -0.1) is 0 Å². The molecule has 1 aliphatic rings. The van der Waals surface area contributed by atoms with Gasteiger partial charge in [0.1, 0.15) is 0 Å². The Labute approximate surface area is 176 Å². The molecular weight excluding hydrogens is 404 g/mol. The largest absolute Gasteiger partial charge is 0.337 e. The van der Waals surface area contributed by atoms with E-state index in [2.05, 4.69) is 5.10 Å². The van der Waals surface area contributed by atoms with Gasteiger partial charge in [0.15, 0.2) is 5.78 Å². The van der Waals surface area contributed by atoms with E-state index in [1.165, 1.54) is 41.6 Å². The molecule has 3 rings (SSSR count). The van der Waals surface area contributed by atoms with E-state index in [4.69, 9.17) is 0 Å². The smallest absolute Gasteiger partial charge is 0.246 e. The summed E-state index contributed by atoms with van der Waals surface area (Å²) < 4.78 is 28.8. The molecule has 160 valence electrons. The van der Waals surface area contributed by atoms with Gasteiger partial charge in [-0.1, -0.05) is 12.1 Å². The fourth-order valence-electron chi connectivity index (χ4n) is 3.45. The van der Waals surface area contributed by atoms with Crippen molar-refractivity contribution >= 4 is 27.8 Å². The second kappa shape index (κ2) is 8.53. The van der Waals surface area contributed by atoms with Gasteiger partial charge < -0.3 is 4.90 Å². The number of aromatic nitrogens is 2. The first-order valence-electron chi connectivity index (χ1n) is 9.69. The lowest BCUT2D eigenvalue weighted by molar-refractivity contribution is -0.127. The zero-order chi connectivity index (χ0) is 22.1. The van der Waals surface area contributed by atoms with Crippen LogP contribution < -0.4 is 0 Å². The van der Waals surface area contributed by atoms with Crippen molar-refractivity contribution in [2.75, 3.05) is 26.2 Å². The summed E-state index contributed by atoms with van der Waals surface area (Å²) in [6.45, 7) is 6.35. The van der Waals surface area contributed by atoms with Crippen LogP contribution in [0.5, 0.6) is 0 Å². The van der Waals surface area contributed by atoms with Crippen molar-refractivity contribution in [2.24, 2.45) is 7.05 Å². The van der Waals surface area contributed by atoms with Gasteiger partial charge in [0.05, 0.1) is 10.6 Å². The highest BCUT2D eigenvalue weighted by Gasteiger charge is 2.29. The maximum Gasteiger partial charge on any atom is 0.246 e. The molecule has 2 heterocycles. The minimum Gasteiger partial charge on any atom is -0.337 e. The number of amides is 1. The van der Waals surface area contributed by atoms with Crippen molar-refractivity contribution < 1.29 is 18.0 Å². The van der Waals surface area contributed by atoms with E-state index in [0.29, 0.717) is 18.7 Å². The lowest BCUT2D eigenvalue weighted by atomic mass is 10.2. The molecule has 1 saturated heterocycles. The van der Waals surface area contributed by atoms with Gasteiger partial charge in [0, 0.05) is 56.1 Å². The van der Waals surface area contributed by atoms with E-state index < -0.39 is 10.0 Å². The Balaban J connectivity index is 1.64. The molecule has 1 aromatic heterocycles. The zero-order valence-corrected chi connectivity index (χ0v) is 18.4. The molecule has 8 nitrogen and oxygen atoms in total. The predicted molar refractivity (Wildman–Crippen MR) is 114 cm³/mol. The summed E-state index contributed by atoms with van der Waals surface area (Å²) in [6.07, 6.45) is 3.28. The average molecular weight is 431 g/mol. The van der Waals surface area contributed by atoms with Gasteiger partial charge in [-0.25, -0.2) is 8.42 Å². The average Bonchev–Trinajstić information content (AvgIpc) is 2.97. The first kappa shape index (κ1) is 21.9. The molecule has 30 heavy (non-hydrogen) atoms. The first-order valence-corrected chi connectivity index (χ1v) is 11.1. The summed E-state index contributed by atoms with van der Waals surface area (Å²) in [5.41, 5.74) is 3.21. The molecule has 1 aromatic carbocycles. The van der Waals surface area contributed by atoms with Crippen LogP contribution in [0, 0.1) is 13.8 Å². The zero-order valence-electron chi connectivity index (χ0n) is 17.6. The van der Waals surface area contributed by atoms with Crippen molar-refractivity contribution in [2.45, 2.75) is 25.7 Å². The van der Waals surface area contributed by atoms with Crippen LogP contribution in [0.2, 0.25) is 0 Å². The van der Waals surface area contributed by atoms with Crippen LogP contribution in [0.1, 0.15) is 34.2 Å². The fourth-order valence-corrected chi connectivity index (χ4v) is 4.87. The Morgan fingerprint density at radius 2 is 1.63 bits per heavy atom. The molecule has 0 bridgehead atoms. The van der Waals surface area contributed by atoms with Crippen LogP contribution in [0.15, 0.2) is 35.2 Å². The summed E-state index contributed by atoms with van der Waals surface area (Å²) in [7, 11) is -1.81. The lowest BCUT2D eigenvalue weighted by Gasteiger charge is -2.33. The van der Waals surface area contributed by atoms with E-state index >= 15 is 0 Å². The highest BCUT2D eigenvalue weighted by molar-refractivity contribution is 7.89. The monoisotopic (exact) mass is 430 g/mol. The lowest BCUT2D eigenvalue weighted by Crippen LogP contribution is -2.50. The number of aryl methyl sites for hydroxylation is 2. The van der Waals surface area contributed by atoms with E-state index in [0.717, 1.165) is 17.0 Å². The number of carbonyl (C=O) groups is 2. The number of piperazine rings is 1. The number of hydrogen-bond donors (Lipinski definition) is 0. The number of rotatable bonds is 5.